The number of rotatable bonds is 3. The second-order valence-electron chi connectivity index (χ2n) is 6.86. The monoisotopic (exact) mass is 360 g/mol. The molecule has 1 aromatic heterocycles. The van der Waals surface area contributed by atoms with Gasteiger partial charge in [0.1, 0.15) is 6.17 Å². The summed E-state index contributed by atoms with van der Waals surface area (Å²) >= 11 is 0. The van der Waals surface area contributed by atoms with Gasteiger partial charge in [-0.3, -0.25) is 4.79 Å². The molecule has 138 valence electrons. The lowest BCUT2D eigenvalue weighted by Crippen LogP contribution is -2.56. The molecule has 3 fully saturated rings. The Morgan fingerprint density at radius 2 is 2.31 bits per heavy atom. The highest BCUT2D eigenvalue weighted by molar-refractivity contribution is 5.82. The summed E-state index contributed by atoms with van der Waals surface area (Å²) in [5, 5.41) is 17.6. The molecule has 0 bridgehead atoms. The molecule has 5 atom stereocenters. The lowest BCUT2D eigenvalue weighted by atomic mass is 9.88. The minimum atomic E-state index is -0.584. The molecule has 1 amide bonds. The number of amides is 1. The van der Waals surface area contributed by atoms with Gasteiger partial charge in [-0.25, -0.2) is 15.4 Å². The maximum atomic E-state index is 13.4. The number of aromatic nitrogens is 1. The first-order valence-electron chi connectivity index (χ1n) is 8.85. The molecule has 9 heteroatoms. The quantitative estimate of drug-likeness (QED) is 0.663. The van der Waals surface area contributed by atoms with Crippen LogP contribution in [0, 0.1) is 29.1 Å². The van der Waals surface area contributed by atoms with Crippen LogP contribution in [0.3, 0.4) is 0 Å². The molecular weight excluding hydrogens is 339 g/mol. The second kappa shape index (κ2) is 7.15. The van der Waals surface area contributed by atoms with Gasteiger partial charge in [-0.1, -0.05) is 0 Å². The zero-order valence-corrected chi connectivity index (χ0v) is 14.2. The Morgan fingerprint density at radius 3 is 3.12 bits per heavy atom. The van der Waals surface area contributed by atoms with Crippen LogP contribution in [0.15, 0.2) is 18.3 Å². The average molecular weight is 360 g/mol. The molecular formula is C17H21FN6O2. The molecule has 1 aromatic rings. The fraction of sp³-hybridized carbons (Fsp3) is 0.588. The van der Waals surface area contributed by atoms with Crippen LogP contribution in [0.2, 0.25) is 0 Å². The SMILES string of the molecule is N#C[C@H]1CCOCC1N1NC(Nc2ccnc(F)c2)C2C(=O)NCCC21. The predicted molar refractivity (Wildman–Crippen MR) is 89.8 cm³/mol. The van der Waals surface area contributed by atoms with Crippen LogP contribution < -0.4 is 16.1 Å². The molecule has 0 aliphatic carbocycles. The molecule has 4 unspecified atom stereocenters. The van der Waals surface area contributed by atoms with Crippen molar-refractivity contribution >= 4 is 11.6 Å². The first-order valence-corrected chi connectivity index (χ1v) is 8.85. The largest absolute Gasteiger partial charge is 0.380 e. The number of nitrogens with one attached hydrogen (secondary N) is 3. The van der Waals surface area contributed by atoms with Gasteiger partial charge in [-0.05, 0) is 18.9 Å². The molecule has 3 N–H and O–H groups in total. The van der Waals surface area contributed by atoms with Crippen molar-refractivity contribution in [2.24, 2.45) is 11.8 Å². The van der Waals surface area contributed by atoms with Crippen molar-refractivity contribution in [2.75, 3.05) is 25.1 Å². The summed E-state index contributed by atoms with van der Waals surface area (Å²) < 4.78 is 19.0. The third-order valence-electron chi connectivity index (χ3n) is 5.36. The number of carbonyl (C=O) groups is 1. The minimum absolute atomic E-state index is 0.0458. The first-order chi connectivity index (χ1) is 12.7. The smallest absolute Gasteiger partial charge is 0.228 e. The molecule has 0 saturated carbocycles. The molecule has 4 rings (SSSR count). The van der Waals surface area contributed by atoms with Gasteiger partial charge < -0.3 is 15.4 Å². The molecule has 26 heavy (non-hydrogen) atoms. The Hall–Kier alpha value is -2.28. The Labute approximate surface area is 150 Å². The molecule has 0 spiro atoms. The topological polar surface area (TPSA) is 102 Å². The predicted octanol–water partition coefficient (Wildman–Crippen LogP) is 0.212. The minimum Gasteiger partial charge on any atom is -0.380 e. The van der Waals surface area contributed by atoms with Crippen LogP contribution >= 0.6 is 0 Å². The number of fused-ring (bicyclic) bond motifs is 1. The highest BCUT2D eigenvalue weighted by Gasteiger charge is 2.51. The van der Waals surface area contributed by atoms with Gasteiger partial charge >= 0.3 is 0 Å². The molecule has 8 nitrogen and oxygen atoms in total. The van der Waals surface area contributed by atoms with E-state index in [4.69, 9.17) is 4.74 Å². The van der Waals surface area contributed by atoms with E-state index in [-0.39, 0.29) is 29.8 Å². The van der Waals surface area contributed by atoms with E-state index < -0.39 is 12.1 Å². The number of pyridine rings is 1. The van der Waals surface area contributed by atoms with E-state index in [1.807, 2.05) is 5.01 Å². The number of piperidine rings is 1. The Balaban J connectivity index is 1.59. The third-order valence-corrected chi connectivity index (χ3v) is 5.36. The number of nitrogens with zero attached hydrogens (tertiary/aromatic N) is 3. The fourth-order valence-electron chi connectivity index (χ4n) is 4.12. The number of anilines is 1. The maximum Gasteiger partial charge on any atom is 0.228 e. The molecule has 3 aliphatic rings. The number of carbonyl (C=O) groups excluding carboxylic acids is 1. The molecule has 3 saturated heterocycles. The van der Waals surface area contributed by atoms with Gasteiger partial charge in [0.25, 0.3) is 0 Å². The van der Waals surface area contributed by atoms with E-state index in [0.717, 1.165) is 6.42 Å². The summed E-state index contributed by atoms with van der Waals surface area (Å²) in [6, 6.07) is 5.16. The van der Waals surface area contributed by atoms with Gasteiger partial charge in [-0.2, -0.15) is 9.65 Å². The second-order valence-corrected chi connectivity index (χ2v) is 6.86. The zero-order valence-electron chi connectivity index (χ0n) is 14.2. The number of halogens is 1. The van der Waals surface area contributed by atoms with Gasteiger partial charge in [0.05, 0.1) is 30.6 Å². The van der Waals surface area contributed by atoms with E-state index in [9.17, 15) is 14.4 Å². The summed E-state index contributed by atoms with van der Waals surface area (Å²) in [7, 11) is 0. The van der Waals surface area contributed by atoms with E-state index >= 15 is 0 Å². The van der Waals surface area contributed by atoms with Crippen molar-refractivity contribution in [1.29, 1.82) is 5.26 Å². The molecule has 0 radical (unpaired) electrons. The number of hydrogen-bond donors (Lipinski definition) is 3. The van der Waals surface area contributed by atoms with Gasteiger partial charge in [-0.15, -0.1) is 0 Å². The average Bonchev–Trinajstić information content (AvgIpc) is 3.01. The Kier molecular flexibility index (Phi) is 4.72. The highest BCUT2D eigenvalue weighted by Crippen LogP contribution is 2.33. The van der Waals surface area contributed by atoms with Crippen molar-refractivity contribution in [3.63, 3.8) is 0 Å². The molecule has 0 aromatic carbocycles. The van der Waals surface area contributed by atoms with Crippen LogP contribution in [0.1, 0.15) is 12.8 Å². The Morgan fingerprint density at radius 1 is 1.42 bits per heavy atom. The van der Waals surface area contributed by atoms with Crippen LogP contribution in [0.5, 0.6) is 0 Å². The Bertz CT molecular complexity index is 725. The number of hydrazine groups is 1. The van der Waals surface area contributed by atoms with Crippen LogP contribution in [-0.4, -0.2) is 53.9 Å². The van der Waals surface area contributed by atoms with Gasteiger partial charge in [0.15, 0.2) is 0 Å². The molecule has 4 heterocycles. The summed E-state index contributed by atoms with van der Waals surface area (Å²) in [5.41, 5.74) is 3.90. The van der Waals surface area contributed by atoms with Crippen LogP contribution in [0.25, 0.3) is 0 Å². The lowest BCUT2D eigenvalue weighted by Gasteiger charge is -2.39. The third kappa shape index (κ3) is 3.11. The summed E-state index contributed by atoms with van der Waals surface area (Å²) in [4.78, 5) is 16.1. The van der Waals surface area contributed by atoms with Crippen LogP contribution in [-0.2, 0) is 9.53 Å². The standard InChI is InChI=1S/C17H21FN6O2/c18-14-7-11(1-4-20-14)22-16-15-12(2-5-21-17(15)25)24(23-16)13-9-26-6-3-10(13)8-19/h1,4,7,10,12-13,15-16,23H,2-3,5-6,9H2,(H,20,22)(H,21,25)/t10-,12?,13?,15?,16?/m1/s1. The number of nitriles is 1. The van der Waals surface area contributed by atoms with E-state index in [0.29, 0.717) is 31.9 Å². The summed E-state index contributed by atoms with van der Waals surface area (Å²) in [5.74, 6) is -1.13. The van der Waals surface area contributed by atoms with E-state index in [1.165, 1.54) is 12.3 Å². The van der Waals surface area contributed by atoms with Gasteiger partial charge in [0.2, 0.25) is 11.9 Å². The van der Waals surface area contributed by atoms with Crippen molar-refractivity contribution in [3.8, 4) is 6.07 Å². The van der Waals surface area contributed by atoms with Crippen LogP contribution in [0.4, 0.5) is 10.1 Å². The number of hydrogen-bond acceptors (Lipinski definition) is 7. The summed E-state index contributed by atoms with van der Waals surface area (Å²) in [6.07, 6.45) is 2.43. The van der Waals surface area contributed by atoms with Crippen molar-refractivity contribution in [1.82, 2.24) is 20.7 Å². The van der Waals surface area contributed by atoms with Crippen molar-refractivity contribution in [3.05, 3.63) is 24.3 Å². The first kappa shape index (κ1) is 17.1. The maximum absolute atomic E-state index is 13.4. The fourth-order valence-corrected chi connectivity index (χ4v) is 4.12. The zero-order chi connectivity index (χ0) is 18.1. The summed E-state index contributed by atoms with van der Waals surface area (Å²) in [6.45, 7) is 1.63. The highest BCUT2D eigenvalue weighted by atomic mass is 19.1. The van der Waals surface area contributed by atoms with Crippen molar-refractivity contribution in [2.45, 2.75) is 31.1 Å². The molecule has 3 aliphatic heterocycles. The van der Waals surface area contributed by atoms with E-state index in [2.05, 4.69) is 27.1 Å². The lowest BCUT2D eigenvalue weighted by molar-refractivity contribution is -0.128. The normalized spacial score (nSPS) is 34.6. The van der Waals surface area contributed by atoms with E-state index in [1.54, 1.807) is 6.07 Å². The van der Waals surface area contributed by atoms with Gasteiger partial charge in [0, 0.05) is 37.1 Å². The van der Waals surface area contributed by atoms with Crippen molar-refractivity contribution < 1.29 is 13.9 Å². The number of ether oxygens (including phenoxy) is 1.